The number of fused-ring (bicyclic) bond motifs is 1. The number of nitrogens with zero attached hydrogens (tertiary/aromatic N) is 4. The fraction of sp³-hybridized carbons (Fsp3) is 0.308. The Hall–Kier alpha value is -1.95. The van der Waals surface area contributed by atoms with Crippen LogP contribution in [0.15, 0.2) is 24.5 Å². The predicted octanol–water partition coefficient (Wildman–Crippen LogP) is 2.38. The monoisotopic (exact) mass is 273 g/mol. The van der Waals surface area contributed by atoms with Gasteiger partial charge < -0.3 is 9.55 Å². The fourth-order valence-corrected chi connectivity index (χ4v) is 2.46. The molecule has 0 aliphatic heterocycles. The van der Waals surface area contributed by atoms with Gasteiger partial charge in [0.25, 0.3) is 0 Å². The van der Waals surface area contributed by atoms with Crippen LogP contribution in [0.3, 0.4) is 0 Å². The molecule has 0 fully saturated rings. The molecule has 1 N–H and O–H groups in total. The smallest absolute Gasteiger partial charge is 0.179 e. The first-order valence-corrected chi connectivity index (χ1v) is 6.58. The van der Waals surface area contributed by atoms with E-state index in [1.807, 2.05) is 47.7 Å². The number of aryl methyl sites for hydroxylation is 4. The summed E-state index contributed by atoms with van der Waals surface area (Å²) in [5, 5.41) is 4.17. The molecule has 3 aromatic rings. The van der Waals surface area contributed by atoms with Gasteiger partial charge in [0.05, 0.1) is 11.7 Å². The summed E-state index contributed by atoms with van der Waals surface area (Å²) in [5.41, 5.74) is 4.11. The number of imidazole rings is 1. The number of rotatable bonds is 3. The van der Waals surface area contributed by atoms with Gasteiger partial charge in [0, 0.05) is 25.5 Å². The van der Waals surface area contributed by atoms with Crippen LogP contribution in [0.2, 0.25) is 0 Å². The van der Waals surface area contributed by atoms with Crippen molar-refractivity contribution >= 4 is 23.4 Å². The minimum Gasteiger partial charge on any atom is -0.329 e. The average molecular weight is 273 g/mol. The predicted molar refractivity (Wildman–Crippen MR) is 76.6 cm³/mol. The lowest BCUT2D eigenvalue weighted by atomic mass is 10.2. The lowest BCUT2D eigenvalue weighted by molar-refractivity contribution is 0.698. The van der Waals surface area contributed by atoms with Gasteiger partial charge in [-0.2, -0.15) is 5.10 Å². The highest BCUT2D eigenvalue weighted by atomic mass is 32.1. The molecule has 0 atom stereocenters. The van der Waals surface area contributed by atoms with Crippen molar-refractivity contribution < 1.29 is 0 Å². The minimum absolute atomic E-state index is 0.719. The summed E-state index contributed by atoms with van der Waals surface area (Å²) in [6.45, 7) is 2.79. The number of hydrogen-bond acceptors (Lipinski definition) is 3. The normalized spacial score (nSPS) is 11.3. The molecule has 6 heteroatoms. The highest BCUT2D eigenvalue weighted by molar-refractivity contribution is 7.71. The van der Waals surface area contributed by atoms with E-state index >= 15 is 0 Å². The lowest BCUT2D eigenvalue weighted by Gasteiger charge is -2.02. The Morgan fingerprint density at radius 1 is 1.37 bits per heavy atom. The number of pyridine rings is 1. The second kappa shape index (κ2) is 4.62. The maximum absolute atomic E-state index is 5.36. The molecule has 98 valence electrons. The van der Waals surface area contributed by atoms with Crippen LogP contribution in [0, 0.1) is 11.7 Å². The van der Waals surface area contributed by atoms with E-state index in [1.54, 1.807) is 0 Å². The molecule has 3 heterocycles. The number of aromatic nitrogens is 5. The molecule has 0 spiro atoms. The second-order valence-electron chi connectivity index (χ2n) is 4.68. The van der Waals surface area contributed by atoms with Crippen molar-refractivity contribution in [1.29, 1.82) is 0 Å². The molecule has 3 aromatic heterocycles. The van der Waals surface area contributed by atoms with Gasteiger partial charge in [-0.3, -0.25) is 4.68 Å². The first-order valence-electron chi connectivity index (χ1n) is 6.17. The summed E-state index contributed by atoms with van der Waals surface area (Å²) >= 11 is 5.36. The van der Waals surface area contributed by atoms with Crippen LogP contribution in [0.4, 0.5) is 0 Å². The van der Waals surface area contributed by atoms with E-state index in [-0.39, 0.29) is 0 Å². The Morgan fingerprint density at radius 2 is 2.21 bits per heavy atom. The van der Waals surface area contributed by atoms with Crippen molar-refractivity contribution in [3.05, 3.63) is 40.6 Å². The minimum atomic E-state index is 0.719. The number of aromatic amines is 1. The van der Waals surface area contributed by atoms with Gasteiger partial charge in [0.1, 0.15) is 0 Å². The topological polar surface area (TPSA) is 51.4 Å². The zero-order valence-corrected chi connectivity index (χ0v) is 11.7. The fourth-order valence-electron chi connectivity index (χ4n) is 2.17. The molecule has 0 amide bonds. The summed E-state index contributed by atoms with van der Waals surface area (Å²) in [4.78, 5) is 7.75. The van der Waals surface area contributed by atoms with Crippen molar-refractivity contribution in [2.75, 3.05) is 0 Å². The van der Waals surface area contributed by atoms with E-state index < -0.39 is 0 Å². The first kappa shape index (κ1) is 12.1. The van der Waals surface area contributed by atoms with Crippen LogP contribution >= 0.6 is 12.2 Å². The molecular formula is C13H15N5S. The third-order valence-corrected chi connectivity index (χ3v) is 3.46. The third-order valence-electron chi connectivity index (χ3n) is 3.14. The van der Waals surface area contributed by atoms with Crippen LogP contribution in [-0.2, 0) is 20.0 Å². The van der Waals surface area contributed by atoms with Crippen LogP contribution in [0.25, 0.3) is 11.2 Å². The summed E-state index contributed by atoms with van der Waals surface area (Å²) < 4.78 is 4.58. The van der Waals surface area contributed by atoms with E-state index in [4.69, 9.17) is 12.2 Å². The van der Waals surface area contributed by atoms with Gasteiger partial charge in [0.15, 0.2) is 10.4 Å². The van der Waals surface area contributed by atoms with Gasteiger partial charge in [-0.1, -0.05) is 0 Å². The quantitative estimate of drug-likeness (QED) is 0.745. The van der Waals surface area contributed by atoms with Crippen LogP contribution < -0.4 is 0 Å². The third kappa shape index (κ3) is 2.31. The van der Waals surface area contributed by atoms with Gasteiger partial charge in [-0.05, 0) is 43.3 Å². The van der Waals surface area contributed by atoms with Gasteiger partial charge in [-0.25, -0.2) is 4.98 Å². The highest BCUT2D eigenvalue weighted by Crippen LogP contribution is 2.13. The molecule has 0 saturated heterocycles. The zero-order valence-electron chi connectivity index (χ0n) is 10.9. The Morgan fingerprint density at radius 3 is 2.95 bits per heavy atom. The van der Waals surface area contributed by atoms with Gasteiger partial charge >= 0.3 is 0 Å². The Kier molecular flexibility index (Phi) is 2.94. The number of nitrogens with one attached hydrogen (secondary N) is 1. The van der Waals surface area contributed by atoms with Gasteiger partial charge in [-0.15, -0.1) is 0 Å². The van der Waals surface area contributed by atoms with E-state index in [0.29, 0.717) is 0 Å². The van der Waals surface area contributed by atoms with Crippen molar-refractivity contribution in [3.8, 4) is 0 Å². The number of hydrogen-bond donors (Lipinski definition) is 1. The summed E-state index contributed by atoms with van der Waals surface area (Å²) in [6, 6.07) is 4.01. The van der Waals surface area contributed by atoms with Crippen molar-refractivity contribution in [3.63, 3.8) is 0 Å². The van der Waals surface area contributed by atoms with Crippen LogP contribution in [-0.4, -0.2) is 24.3 Å². The molecule has 3 rings (SSSR count). The molecule has 0 aliphatic rings. The molecule has 0 bridgehead atoms. The van der Waals surface area contributed by atoms with E-state index in [1.165, 1.54) is 5.56 Å². The first-order chi connectivity index (χ1) is 9.13. The summed E-state index contributed by atoms with van der Waals surface area (Å²) in [5.74, 6) is 0. The van der Waals surface area contributed by atoms with E-state index in [9.17, 15) is 0 Å². The Balaban J connectivity index is 1.94. The Bertz CT molecular complexity index is 780. The van der Waals surface area contributed by atoms with Crippen LogP contribution in [0.5, 0.6) is 0 Å². The molecular weight excluding hydrogens is 258 g/mol. The van der Waals surface area contributed by atoms with E-state index in [0.717, 1.165) is 34.6 Å². The standard InChI is InChI=1S/C13H15N5S/c1-9-3-4-11-12(15-9)18(13(19)16-11)6-5-10-7-14-17(2)8-10/h3-4,7-8H,5-6H2,1-2H3,(H,16,19). The molecule has 0 radical (unpaired) electrons. The molecule has 0 aliphatic carbocycles. The number of H-pyrrole nitrogens is 1. The molecule has 19 heavy (non-hydrogen) atoms. The van der Waals surface area contributed by atoms with Crippen molar-refractivity contribution in [2.24, 2.45) is 7.05 Å². The zero-order chi connectivity index (χ0) is 13.4. The SMILES string of the molecule is Cc1ccc2[nH]c(=S)n(CCc3cnn(C)c3)c2n1. The Labute approximate surface area is 115 Å². The molecule has 5 nitrogen and oxygen atoms in total. The highest BCUT2D eigenvalue weighted by Gasteiger charge is 2.06. The van der Waals surface area contributed by atoms with Gasteiger partial charge in [0.2, 0.25) is 0 Å². The summed E-state index contributed by atoms with van der Waals surface area (Å²) in [7, 11) is 1.92. The van der Waals surface area contributed by atoms with Crippen molar-refractivity contribution in [1.82, 2.24) is 24.3 Å². The van der Waals surface area contributed by atoms with Crippen LogP contribution in [0.1, 0.15) is 11.3 Å². The average Bonchev–Trinajstić information content (AvgIpc) is 2.90. The lowest BCUT2D eigenvalue weighted by Crippen LogP contribution is -2.02. The van der Waals surface area contributed by atoms with Crippen molar-refractivity contribution in [2.45, 2.75) is 19.9 Å². The molecule has 0 aromatic carbocycles. The second-order valence-corrected chi connectivity index (χ2v) is 5.06. The molecule has 0 saturated carbocycles. The molecule has 0 unspecified atom stereocenters. The van der Waals surface area contributed by atoms with E-state index in [2.05, 4.69) is 15.1 Å². The maximum atomic E-state index is 5.36. The summed E-state index contributed by atoms with van der Waals surface area (Å²) in [6.07, 6.45) is 4.80. The largest absolute Gasteiger partial charge is 0.329 e. The maximum Gasteiger partial charge on any atom is 0.179 e.